The summed E-state index contributed by atoms with van der Waals surface area (Å²) >= 11 is 0. The molecular weight excluding hydrogens is 1270 g/mol. The molecule has 524 valence electrons. The molecule has 11 aromatic rings. The second-order valence-corrected chi connectivity index (χ2v) is 21.9. The van der Waals surface area contributed by atoms with Gasteiger partial charge in [-0.1, -0.05) is 0 Å². The lowest BCUT2D eigenvalue weighted by molar-refractivity contribution is -0.193. The van der Waals surface area contributed by atoms with E-state index in [2.05, 4.69) is 70.6 Å². The Morgan fingerprint density at radius 3 is 1.23 bits per heavy atom. The van der Waals surface area contributed by atoms with Gasteiger partial charge >= 0.3 is 18.1 Å². The van der Waals surface area contributed by atoms with Gasteiger partial charge in [0.1, 0.15) is 40.2 Å². The molecule has 0 aliphatic heterocycles. The maximum atomic E-state index is 10.8. The summed E-state index contributed by atoms with van der Waals surface area (Å²) < 4.78 is 50.0. The molecule has 0 saturated carbocycles. The largest absolute Gasteiger partial charge is 0.489 e. The fraction of sp³-hybridized carbons (Fsp3) is 0.329. The number of ether oxygens (including phenoxy) is 7. The number of aromatic nitrogens is 15. The van der Waals surface area contributed by atoms with Crippen molar-refractivity contribution in [1.29, 1.82) is 0 Å². The molecule has 0 aliphatic carbocycles. The van der Waals surface area contributed by atoms with Gasteiger partial charge in [-0.15, -0.1) is 15.3 Å². The quantitative estimate of drug-likeness (QED) is 0.0805. The van der Waals surface area contributed by atoms with Crippen LogP contribution in [0.15, 0.2) is 185 Å². The normalized spacial score (nSPS) is 9.97. The SMILES string of the molecule is CC(C)Oc1ccc(-c2ccn[nH]2)nc1.CC(C)Oc1ccc(-n2cccn2)nc1.CC(C)Oc1cccnc1.CC(C)Oc1cccnc1.CC(C)Oc1cncc(-c2n[nH]c(=O)o2)c1.Cc1cncc(OC(C)C)c1.Cc1nnc(-c2cncc(OC(C)C)c2)o1.O=C=O.O=C=O. The Balaban J connectivity index is 0.000000298. The Kier molecular flexibility index (Phi) is 37.8. The standard InChI is InChI=1S/C11H13N3O2.2C11H13N3O.C10H11N3O3.C9H13NO.2C8H11NO.2CO2/c1-7(2)15-10-4-9(5-12-6-10)11-14-13-8(3)16-11;1-9(2)15-10-4-5-11(12-8-10)14-7-3-6-13-14;1-8(2)15-9-3-4-10(12-7-9)11-5-6-13-14-11;1-6(2)15-8-3-7(4-11-5-8)9-12-13-10(14)16-9;1-7(2)11-9-4-8(3)5-10-6-9;2*1-7(2)10-8-4-3-5-9-6-8;2*2-1-3/h4-7H,1-3H3;3-9H,1-2H3;3-8H,1-2H3,(H,13,14);3-6H,1-2H3,(H,13,14);4-7H,1-3H3;2*3-7H,1-2H3;;. The molecule has 0 aromatic carbocycles. The summed E-state index contributed by atoms with van der Waals surface area (Å²) in [4.78, 5) is 71.7. The van der Waals surface area contributed by atoms with Gasteiger partial charge in [0.2, 0.25) is 11.8 Å². The Bertz CT molecular complexity index is 3870. The summed E-state index contributed by atoms with van der Waals surface area (Å²) in [6.45, 7) is 31.4. The number of hydrogen-bond acceptors (Lipinski definition) is 26. The third-order valence-electron chi connectivity index (χ3n) is 10.6. The van der Waals surface area contributed by atoms with E-state index in [1.165, 1.54) is 0 Å². The van der Waals surface area contributed by atoms with Gasteiger partial charge in [-0.3, -0.25) is 35.0 Å². The summed E-state index contributed by atoms with van der Waals surface area (Å²) in [6, 6.07) is 24.4. The minimum Gasteiger partial charge on any atom is -0.489 e. The molecule has 0 amide bonds. The number of hydrogen-bond donors (Lipinski definition) is 2. The number of nitrogens with zero attached hydrogens (tertiary/aromatic N) is 13. The monoisotopic (exact) mass is 1360 g/mol. The second kappa shape index (κ2) is 46.1. The van der Waals surface area contributed by atoms with E-state index in [4.69, 9.17) is 61.2 Å². The van der Waals surface area contributed by atoms with Crippen LogP contribution in [0.2, 0.25) is 0 Å². The first-order valence-electron chi connectivity index (χ1n) is 31.0. The van der Waals surface area contributed by atoms with Crippen molar-refractivity contribution in [2.45, 2.75) is 154 Å². The van der Waals surface area contributed by atoms with Crippen molar-refractivity contribution in [2.24, 2.45) is 0 Å². The van der Waals surface area contributed by atoms with Crippen molar-refractivity contribution in [1.82, 2.24) is 75.3 Å². The van der Waals surface area contributed by atoms with Gasteiger partial charge in [0.25, 0.3) is 5.89 Å². The first-order chi connectivity index (χ1) is 47.4. The molecule has 11 heterocycles. The number of aryl methyl sites for hydroxylation is 2. The fourth-order valence-corrected chi connectivity index (χ4v) is 7.29. The topological polar surface area (TPSA) is 367 Å². The predicted molar refractivity (Wildman–Crippen MR) is 364 cm³/mol. The Labute approximate surface area is 574 Å². The van der Waals surface area contributed by atoms with Crippen LogP contribution in [-0.4, -0.2) is 130 Å². The zero-order valence-corrected chi connectivity index (χ0v) is 58.2. The minimum atomic E-state index is -0.592. The van der Waals surface area contributed by atoms with Crippen molar-refractivity contribution in [3.05, 3.63) is 194 Å². The number of H-pyrrole nitrogens is 2. The molecule has 0 unspecified atom stereocenters. The average Bonchev–Trinajstić information content (AvgIpc) is 1.81. The van der Waals surface area contributed by atoms with E-state index in [-0.39, 0.29) is 60.9 Å². The van der Waals surface area contributed by atoms with E-state index in [1.54, 1.807) is 98.2 Å². The molecule has 0 radical (unpaired) electrons. The molecular formula is C70H85N15O14. The highest BCUT2D eigenvalue weighted by Gasteiger charge is 2.11. The second-order valence-electron chi connectivity index (χ2n) is 21.9. The smallest absolute Gasteiger partial charge is 0.434 e. The molecule has 0 aliphatic rings. The molecule has 0 spiro atoms. The summed E-state index contributed by atoms with van der Waals surface area (Å²) in [7, 11) is 0. The predicted octanol–water partition coefficient (Wildman–Crippen LogP) is 12.5. The third-order valence-corrected chi connectivity index (χ3v) is 10.6. The maximum absolute atomic E-state index is 10.8. The summed E-state index contributed by atoms with van der Waals surface area (Å²) in [5, 5.41) is 24.4. The van der Waals surface area contributed by atoms with E-state index >= 15 is 0 Å². The first kappa shape index (κ1) is 81.1. The van der Waals surface area contributed by atoms with Crippen LogP contribution >= 0.6 is 0 Å². The number of nitrogens with one attached hydrogen (secondary N) is 2. The van der Waals surface area contributed by atoms with Crippen LogP contribution in [0.25, 0.3) is 40.1 Å². The fourth-order valence-electron chi connectivity index (χ4n) is 7.29. The van der Waals surface area contributed by atoms with Crippen molar-refractivity contribution in [3.63, 3.8) is 0 Å². The first-order valence-corrected chi connectivity index (χ1v) is 31.0. The lowest BCUT2D eigenvalue weighted by Gasteiger charge is -2.09. The maximum Gasteiger partial charge on any atom is 0.434 e. The van der Waals surface area contributed by atoms with Gasteiger partial charge in [0.15, 0.2) is 5.82 Å². The number of rotatable bonds is 18. The zero-order valence-electron chi connectivity index (χ0n) is 58.2. The molecule has 0 atom stereocenters. The van der Waals surface area contributed by atoms with Gasteiger partial charge in [-0.2, -0.15) is 29.4 Å². The van der Waals surface area contributed by atoms with Gasteiger partial charge in [-0.05, 0) is 188 Å². The van der Waals surface area contributed by atoms with Crippen LogP contribution in [0.1, 0.15) is 108 Å². The van der Waals surface area contributed by atoms with Crippen LogP contribution in [0.5, 0.6) is 40.2 Å². The van der Waals surface area contributed by atoms with E-state index in [9.17, 15) is 4.79 Å². The molecule has 99 heavy (non-hydrogen) atoms. The highest BCUT2D eigenvalue weighted by Crippen LogP contribution is 2.24. The van der Waals surface area contributed by atoms with E-state index in [0.29, 0.717) is 28.8 Å². The zero-order chi connectivity index (χ0) is 72.9. The van der Waals surface area contributed by atoms with Crippen LogP contribution in [0.3, 0.4) is 0 Å². The van der Waals surface area contributed by atoms with Gasteiger partial charge < -0.3 is 42.0 Å². The Hall–Kier alpha value is -12.1. The van der Waals surface area contributed by atoms with Gasteiger partial charge in [0, 0.05) is 56.5 Å². The van der Waals surface area contributed by atoms with Crippen molar-refractivity contribution in [2.75, 3.05) is 0 Å². The van der Waals surface area contributed by atoms with Crippen molar-refractivity contribution < 1.29 is 61.2 Å². The molecule has 29 heteroatoms. The van der Waals surface area contributed by atoms with E-state index < -0.39 is 5.76 Å². The Morgan fingerprint density at radius 2 is 0.869 bits per heavy atom. The molecule has 11 aromatic heterocycles. The van der Waals surface area contributed by atoms with Gasteiger partial charge in [0.05, 0.1) is 109 Å². The van der Waals surface area contributed by atoms with Crippen LogP contribution < -0.4 is 38.9 Å². The Morgan fingerprint density at radius 1 is 0.424 bits per heavy atom. The molecule has 0 saturated heterocycles. The summed E-state index contributed by atoms with van der Waals surface area (Å²) in [6.07, 6.45) is 27.3. The molecule has 29 nitrogen and oxygen atoms in total. The minimum absolute atomic E-state index is 0.0586. The van der Waals surface area contributed by atoms with E-state index in [1.807, 2.05) is 189 Å². The number of aromatic amines is 2. The lowest BCUT2D eigenvalue weighted by atomic mass is 10.3. The molecule has 2 N–H and O–H groups in total. The summed E-state index contributed by atoms with van der Waals surface area (Å²) in [5.74, 6) is 6.77. The van der Waals surface area contributed by atoms with Crippen LogP contribution in [-0.2, 0) is 19.2 Å². The highest BCUT2D eigenvalue weighted by molar-refractivity contribution is 5.55. The third kappa shape index (κ3) is 35.8. The highest BCUT2D eigenvalue weighted by atomic mass is 16.5. The van der Waals surface area contributed by atoms with Crippen LogP contribution in [0.4, 0.5) is 0 Å². The molecule has 0 bridgehead atoms. The lowest BCUT2D eigenvalue weighted by Crippen LogP contribution is -2.06. The van der Waals surface area contributed by atoms with Crippen molar-refractivity contribution in [3.8, 4) is 80.4 Å². The van der Waals surface area contributed by atoms with Crippen LogP contribution in [0, 0.1) is 13.8 Å². The van der Waals surface area contributed by atoms with Crippen molar-refractivity contribution >= 4 is 12.3 Å². The number of pyridine rings is 7. The van der Waals surface area contributed by atoms with Gasteiger partial charge in [-0.25, -0.2) is 19.6 Å². The molecule has 0 fully saturated rings. The summed E-state index contributed by atoms with van der Waals surface area (Å²) in [5.41, 5.74) is 4.26. The average molecular weight is 1360 g/mol. The van der Waals surface area contributed by atoms with E-state index in [0.717, 1.165) is 57.1 Å². The molecule has 11 rings (SSSR count). The number of carbonyl (C=O) groups excluding carboxylic acids is 4.